The Bertz CT molecular complexity index is 563. The lowest BCUT2D eigenvalue weighted by atomic mass is 10.2. The number of thiazole rings is 1. The lowest BCUT2D eigenvalue weighted by Crippen LogP contribution is -2.02. The Morgan fingerprint density at radius 3 is 3.00 bits per heavy atom. The van der Waals surface area contributed by atoms with E-state index in [9.17, 15) is 4.39 Å². The number of aromatic nitrogens is 1. The molecule has 2 aromatic rings. The van der Waals surface area contributed by atoms with E-state index in [-0.39, 0.29) is 10.0 Å². The largest absolute Gasteiger partial charge is 0.376 e. The van der Waals surface area contributed by atoms with Gasteiger partial charge in [0.15, 0.2) is 5.82 Å². The first-order valence-corrected chi connectivity index (χ1v) is 6.40. The van der Waals surface area contributed by atoms with Crippen molar-refractivity contribution in [3.63, 3.8) is 0 Å². The molecule has 3 nitrogen and oxygen atoms in total. The van der Waals surface area contributed by atoms with E-state index in [1.54, 1.807) is 18.3 Å². The van der Waals surface area contributed by atoms with Crippen LogP contribution in [0.2, 0.25) is 0 Å². The van der Waals surface area contributed by atoms with E-state index in [0.717, 1.165) is 5.01 Å². The average Bonchev–Trinajstić information content (AvgIpc) is 2.84. The maximum atomic E-state index is 13.8. The van der Waals surface area contributed by atoms with E-state index in [1.165, 1.54) is 11.3 Å². The Hall–Kier alpha value is -1.45. The van der Waals surface area contributed by atoms with Crippen LogP contribution in [0.3, 0.4) is 0 Å². The third-order valence-corrected chi connectivity index (χ3v) is 3.67. The van der Waals surface area contributed by atoms with Gasteiger partial charge >= 0.3 is 0 Å². The van der Waals surface area contributed by atoms with Crippen LogP contribution in [0, 0.1) is 17.1 Å². The minimum Gasteiger partial charge on any atom is -0.376 e. The second kappa shape index (κ2) is 5.25. The van der Waals surface area contributed by atoms with Crippen molar-refractivity contribution in [3.05, 3.63) is 44.6 Å². The number of hydrogen-bond acceptors (Lipinski definition) is 4. The SMILES string of the molecule is N#Cc1ccc(NCc2nccs2)c(F)c1Br. The molecule has 0 saturated carbocycles. The Balaban J connectivity index is 2.17. The van der Waals surface area contributed by atoms with Crippen LogP contribution >= 0.6 is 27.3 Å². The predicted molar refractivity (Wildman–Crippen MR) is 68.3 cm³/mol. The van der Waals surface area contributed by atoms with Crippen LogP contribution < -0.4 is 5.32 Å². The van der Waals surface area contributed by atoms with E-state index >= 15 is 0 Å². The monoisotopic (exact) mass is 311 g/mol. The third kappa shape index (κ3) is 2.62. The van der Waals surface area contributed by atoms with Gasteiger partial charge in [0, 0.05) is 11.6 Å². The standard InChI is InChI=1S/C11H7BrFN3S/c12-10-7(5-14)1-2-8(11(10)13)16-6-9-15-3-4-17-9/h1-4,16H,6H2. The Morgan fingerprint density at radius 1 is 1.53 bits per heavy atom. The summed E-state index contributed by atoms with van der Waals surface area (Å²) in [6.45, 7) is 0.465. The van der Waals surface area contributed by atoms with E-state index < -0.39 is 5.82 Å². The number of benzene rings is 1. The molecular weight excluding hydrogens is 305 g/mol. The van der Waals surface area contributed by atoms with Crippen LogP contribution in [-0.2, 0) is 6.54 Å². The van der Waals surface area contributed by atoms with Crippen LogP contribution in [0.25, 0.3) is 0 Å². The first kappa shape index (κ1) is 12.0. The van der Waals surface area contributed by atoms with E-state index in [0.29, 0.717) is 12.2 Å². The molecule has 1 aromatic carbocycles. The summed E-state index contributed by atoms with van der Waals surface area (Å²) in [6.07, 6.45) is 1.70. The zero-order valence-corrected chi connectivity index (χ0v) is 11.0. The van der Waals surface area contributed by atoms with Gasteiger partial charge in [0.2, 0.25) is 0 Å². The Labute approximate surface area is 110 Å². The minimum absolute atomic E-state index is 0.184. The zero-order valence-electron chi connectivity index (χ0n) is 8.58. The van der Waals surface area contributed by atoms with Crippen molar-refractivity contribution in [2.24, 2.45) is 0 Å². The number of nitriles is 1. The molecule has 1 aromatic heterocycles. The summed E-state index contributed by atoms with van der Waals surface area (Å²) in [4.78, 5) is 4.09. The minimum atomic E-state index is -0.458. The highest BCUT2D eigenvalue weighted by molar-refractivity contribution is 9.10. The molecule has 2 rings (SSSR count). The van der Waals surface area contributed by atoms with Crippen molar-refractivity contribution in [3.8, 4) is 6.07 Å². The summed E-state index contributed by atoms with van der Waals surface area (Å²) in [7, 11) is 0. The van der Waals surface area contributed by atoms with Gasteiger partial charge in [-0.05, 0) is 28.1 Å². The van der Waals surface area contributed by atoms with Crippen LogP contribution in [0.4, 0.5) is 10.1 Å². The first-order chi connectivity index (χ1) is 8.22. The third-order valence-electron chi connectivity index (χ3n) is 2.12. The van der Waals surface area contributed by atoms with Gasteiger partial charge in [-0.2, -0.15) is 5.26 Å². The maximum Gasteiger partial charge on any atom is 0.161 e. The summed E-state index contributed by atoms with van der Waals surface area (Å²) in [5, 5.41) is 14.4. The van der Waals surface area contributed by atoms with Crippen LogP contribution in [0.5, 0.6) is 0 Å². The fraction of sp³-hybridized carbons (Fsp3) is 0.0909. The maximum absolute atomic E-state index is 13.8. The van der Waals surface area contributed by atoms with Crippen molar-refractivity contribution >= 4 is 33.0 Å². The van der Waals surface area contributed by atoms with Crippen LogP contribution in [0.1, 0.15) is 10.6 Å². The molecule has 0 saturated heterocycles. The molecule has 17 heavy (non-hydrogen) atoms. The second-order valence-electron chi connectivity index (χ2n) is 3.18. The average molecular weight is 312 g/mol. The molecule has 0 fully saturated rings. The van der Waals surface area contributed by atoms with E-state index in [4.69, 9.17) is 5.26 Å². The van der Waals surface area contributed by atoms with Gasteiger partial charge in [-0.1, -0.05) is 0 Å². The summed E-state index contributed by atoms with van der Waals surface area (Å²) >= 11 is 4.56. The number of nitrogens with one attached hydrogen (secondary N) is 1. The number of hydrogen-bond donors (Lipinski definition) is 1. The molecule has 0 atom stereocenters. The summed E-state index contributed by atoms with van der Waals surface area (Å²) in [5.41, 5.74) is 0.633. The molecule has 0 spiro atoms. The summed E-state index contributed by atoms with van der Waals surface area (Å²) in [5.74, 6) is -0.458. The van der Waals surface area contributed by atoms with Crippen LogP contribution in [-0.4, -0.2) is 4.98 Å². The summed E-state index contributed by atoms with van der Waals surface area (Å²) < 4.78 is 14.0. The molecule has 0 aliphatic rings. The quantitative estimate of drug-likeness (QED) is 0.943. The number of nitrogens with zero attached hydrogens (tertiary/aromatic N) is 2. The van der Waals surface area contributed by atoms with Crippen molar-refractivity contribution in [2.75, 3.05) is 5.32 Å². The Kier molecular flexibility index (Phi) is 3.71. The Morgan fingerprint density at radius 2 is 2.35 bits per heavy atom. The van der Waals surface area contributed by atoms with Gasteiger partial charge < -0.3 is 5.32 Å². The zero-order chi connectivity index (χ0) is 12.3. The van der Waals surface area contributed by atoms with Crippen molar-refractivity contribution in [2.45, 2.75) is 6.54 Å². The first-order valence-electron chi connectivity index (χ1n) is 4.72. The molecule has 0 bridgehead atoms. The van der Waals surface area contributed by atoms with Gasteiger partial charge in [-0.25, -0.2) is 9.37 Å². The smallest absolute Gasteiger partial charge is 0.161 e. The lowest BCUT2D eigenvalue weighted by Gasteiger charge is -2.07. The molecule has 0 aliphatic carbocycles. The normalized spacial score (nSPS) is 9.94. The summed E-state index contributed by atoms with van der Waals surface area (Å²) in [6, 6.07) is 5.02. The van der Waals surface area contributed by atoms with Crippen LogP contribution in [0.15, 0.2) is 28.2 Å². The fourth-order valence-electron chi connectivity index (χ4n) is 1.28. The highest BCUT2D eigenvalue weighted by Crippen LogP contribution is 2.26. The lowest BCUT2D eigenvalue weighted by molar-refractivity contribution is 0.623. The highest BCUT2D eigenvalue weighted by Gasteiger charge is 2.10. The van der Waals surface area contributed by atoms with Crippen molar-refractivity contribution in [1.29, 1.82) is 5.26 Å². The van der Waals surface area contributed by atoms with Gasteiger partial charge in [0.25, 0.3) is 0 Å². The molecular formula is C11H7BrFN3S. The van der Waals surface area contributed by atoms with E-state index in [2.05, 4.69) is 26.2 Å². The molecule has 1 N–H and O–H groups in total. The molecule has 86 valence electrons. The van der Waals surface area contributed by atoms with Gasteiger partial charge in [-0.3, -0.25) is 0 Å². The molecule has 6 heteroatoms. The molecule has 0 unspecified atom stereocenters. The van der Waals surface area contributed by atoms with E-state index in [1.807, 2.05) is 11.4 Å². The second-order valence-corrected chi connectivity index (χ2v) is 4.95. The van der Waals surface area contributed by atoms with Crippen molar-refractivity contribution in [1.82, 2.24) is 4.98 Å². The fourth-order valence-corrected chi connectivity index (χ4v) is 2.27. The predicted octanol–water partition coefficient (Wildman–Crippen LogP) is 3.53. The molecule has 0 amide bonds. The molecule has 1 heterocycles. The number of anilines is 1. The van der Waals surface area contributed by atoms with Crippen molar-refractivity contribution < 1.29 is 4.39 Å². The van der Waals surface area contributed by atoms with Gasteiger partial charge in [0.1, 0.15) is 11.1 Å². The highest BCUT2D eigenvalue weighted by atomic mass is 79.9. The van der Waals surface area contributed by atoms with Gasteiger partial charge in [-0.15, -0.1) is 11.3 Å². The number of rotatable bonds is 3. The molecule has 0 radical (unpaired) electrons. The number of halogens is 2. The topological polar surface area (TPSA) is 48.7 Å². The van der Waals surface area contributed by atoms with Gasteiger partial charge in [0.05, 0.1) is 22.3 Å². The molecule has 0 aliphatic heterocycles.